The first-order valence-electron chi connectivity index (χ1n) is 7.76. The van der Waals surface area contributed by atoms with Crippen molar-refractivity contribution in [2.75, 3.05) is 46.6 Å². The molecule has 0 unspecified atom stereocenters. The summed E-state index contributed by atoms with van der Waals surface area (Å²) in [5, 5.41) is 4.01. The van der Waals surface area contributed by atoms with Crippen molar-refractivity contribution in [1.82, 2.24) is 10.3 Å². The summed E-state index contributed by atoms with van der Waals surface area (Å²) < 4.78 is 16.9. The van der Waals surface area contributed by atoms with Crippen LogP contribution in [0.3, 0.4) is 0 Å². The number of rotatable bonds is 7. The number of hydrogen-bond acceptors (Lipinski definition) is 6. The lowest BCUT2D eigenvalue weighted by molar-refractivity contribution is -0.123. The van der Waals surface area contributed by atoms with Crippen molar-refractivity contribution >= 4 is 28.1 Å². The summed E-state index contributed by atoms with van der Waals surface area (Å²) in [5.74, 6) is 1.11. The van der Waals surface area contributed by atoms with Gasteiger partial charge in [0.15, 0.2) is 11.5 Å². The van der Waals surface area contributed by atoms with E-state index < -0.39 is 0 Å². The number of methoxy groups -OCH3 is 1. The molecule has 24 heavy (non-hydrogen) atoms. The van der Waals surface area contributed by atoms with E-state index in [4.69, 9.17) is 14.2 Å². The maximum absolute atomic E-state index is 11.9. The Balaban J connectivity index is 1.94. The fraction of sp³-hybridized carbons (Fsp3) is 0.500. The van der Waals surface area contributed by atoms with Gasteiger partial charge in [-0.2, -0.15) is 5.10 Å². The minimum atomic E-state index is -0.151. The van der Waals surface area contributed by atoms with Crippen LogP contribution in [0.2, 0.25) is 0 Å². The molecule has 0 saturated carbocycles. The van der Waals surface area contributed by atoms with Gasteiger partial charge in [-0.15, -0.1) is 0 Å². The number of nitrogens with zero attached hydrogens (tertiary/aromatic N) is 2. The van der Waals surface area contributed by atoms with Gasteiger partial charge in [-0.3, -0.25) is 9.69 Å². The standard InChI is InChI=1S/C16H22BrN3O4/c1-3-24-15-9-13(17)12(8-14(15)22-2)10-18-19-16(21)11-20-4-6-23-7-5-20/h8-10H,3-7,11H2,1-2H3,(H,19,21)/b18-10+. The zero-order chi connectivity index (χ0) is 17.4. The number of amides is 1. The van der Waals surface area contributed by atoms with E-state index in [1.54, 1.807) is 19.4 Å². The molecule has 1 amide bonds. The van der Waals surface area contributed by atoms with E-state index in [2.05, 4.69) is 26.5 Å². The van der Waals surface area contributed by atoms with Gasteiger partial charge in [0.05, 0.1) is 39.7 Å². The molecule has 7 nitrogen and oxygen atoms in total. The Morgan fingerprint density at radius 3 is 2.83 bits per heavy atom. The van der Waals surface area contributed by atoms with Gasteiger partial charge in [0, 0.05) is 23.1 Å². The van der Waals surface area contributed by atoms with E-state index in [0.29, 0.717) is 37.9 Å². The molecule has 0 aromatic heterocycles. The van der Waals surface area contributed by atoms with E-state index in [1.165, 1.54) is 0 Å². The molecule has 0 spiro atoms. The number of benzene rings is 1. The van der Waals surface area contributed by atoms with Gasteiger partial charge in [0.25, 0.3) is 5.91 Å². The van der Waals surface area contributed by atoms with Crippen molar-refractivity contribution in [2.45, 2.75) is 6.92 Å². The highest BCUT2D eigenvalue weighted by Gasteiger charge is 2.13. The van der Waals surface area contributed by atoms with Crippen molar-refractivity contribution in [2.24, 2.45) is 5.10 Å². The maximum Gasteiger partial charge on any atom is 0.254 e. The van der Waals surface area contributed by atoms with Crippen molar-refractivity contribution in [3.63, 3.8) is 0 Å². The molecule has 132 valence electrons. The second-order valence-electron chi connectivity index (χ2n) is 5.14. The Labute approximate surface area is 150 Å². The third-order valence-electron chi connectivity index (χ3n) is 3.45. The van der Waals surface area contributed by atoms with Gasteiger partial charge < -0.3 is 14.2 Å². The van der Waals surface area contributed by atoms with Crippen molar-refractivity contribution in [1.29, 1.82) is 0 Å². The van der Waals surface area contributed by atoms with Crippen molar-refractivity contribution < 1.29 is 19.0 Å². The quantitative estimate of drug-likeness (QED) is 0.557. The highest BCUT2D eigenvalue weighted by Crippen LogP contribution is 2.32. The van der Waals surface area contributed by atoms with Gasteiger partial charge in [-0.05, 0) is 35.0 Å². The van der Waals surface area contributed by atoms with Crippen LogP contribution in [0.15, 0.2) is 21.7 Å². The highest BCUT2D eigenvalue weighted by atomic mass is 79.9. The lowest BCUT2D eigenvalue weighted by atomic mass is 10.2. The van der Waals surface area contributed by atoms with Crippen LogP contribution < -0.4 is 14.9 Å². The Bertz CT molecular complexity index is 589. The van der Waals surface area contributed by atoms with E-state index >= 15 is 0 Å². The summed E-state index contributed by atoms with van der Waals surface area (Å²) in [6.45, 7) is 5.62. The Morgan fingerprint density at radius 2 is 2.17 bits per heavy atom. The van der Waals surface area contributed by atoms with E-state index in [-0.39, 0.29) is 5.91 Å². The minimum Gasteiger partial charge on any atom is -0.493 e. The van der Waals surface area contributed by atoms with Crippen LogP contribution in [0.25, 0.3) is 0 Å². The monoisotopic (exact) mass is 399 g/mol. The second kappa shape index (κ2) is 9.61. The zero-order valence-electron chi connectivity index (χ0n) is 13.9. The third-order valence-corrected chi connectivity index (χ3v) is 4.13. The molecular formula is C16H22BrN3O4. The Hall–Kier alpha value is -1.64. The predicted octanol–water partition coefficient (Wildman–Crippen LogP) is 1.64. The minimum absolute atomic E-state index is 0.151. The summed E-state index contributed by atoms with van der Waals surface area (Å²) in [6.07, 6.45) is 1.57. The van der Waals surface area contributed by atoms with Crippen LogP contribution in [-0.2, 0) is 9.53 Å². The topological polar surface area (TPSA) is 72.4 Å². The van der Waals surface area contributed by atoms with Gasteiger partial charge in [0.2, 0.25) is 0 Å². The van der Waals surface area contributed by atoms with Crippen LogP contribution in [-0.4, -0.2) is 63.6 Å². The molecular weight excluding hydrogens is 378 g/mol. The SMILES string of the molecule is CCOc1cc(Br)c(/C=N/NC(=O)CN2CCOCC2)cc1OC. The summed E-state index contributed by atoms with van der Waals surface area (Å²) in [7, 11) is 1.58. The third kappa shape index (κ3) is 5.47. The number of carbonyl (C=O) groups is 1. The molecule has 8 heteroatoms. The zero-order valence-corrected chi connectivity index (χ0v) is 15.5. The molecule has 1 aromatic rings. The summed E-state index contributed by atoms with van der Waals surface area (Å²) in [6, 6.07) is 3.62. The number of hydrogen-bond donors (Lipinski definition) is 1. The molecule has 0 atom stereocenters. The summed E-state index contributed by atoms with van der Waals surface area (Å²) in [5.41, 5.74) is 3.32. The van der Waals surface area contributed by atoms with E-state index in [9.17, 15) is 4.79 Å². The number of hydrazone groups is 1. The van der Waals surface area contributed by atoms with Crippen LogP contribution in [0, 0.1) is 0 Å². The largest absolute Gasteiger partial charge is 0.493 e. The maximum atomic E-state index is 11.9. The molecule has 1 aromatic carbocycles. The summed E-state index contributed by atoms with van der Waals surface area (Å²) >= 11 is 3.47. The lowest BCUT2D eigenvalue weighted by Crippen LogP contribution is -2.42. The molecule has 0 bridgehead atoms. The molecule has 1 N–H and O–H groups in total. The van der Waals surface area contributed by atoms with E-state index in [0.717, 1.165) is 23.1 Å². The summed E-state index contributed by atoms with van der Waals surface area (Å²) in [4.78, 5) is 13.9. The van der Waals surface area contributed by atoms with Gasteiger partial charge >= 0.3 is 0 Å². The van der Waals surface area contributed by atoms with Gasteiger partial charge in [-0.25, -0.2) is 5.43 Å². The molecule has 1 heterocycles. The lowest BCUT2D eigenvalue weighted by Gasteiger charge is -2.25. The Kier molecular flexibility index (Phi) is 7.48. The van der Waals surface area contributed by atoms with Gasteiger partial charge in [-0.1, -0.05) is 0 Å². The first-order chi connectivity index (χ1) is 11.6. The predicted molar refractivity (Wildman–Crippen MR) is 94.9 cm³/mol. The smallest absolute Gasteiger partial charge is 0.254 e. The number of halogens is 1. The number of morpholine rings is 1. The van der Waals surface area contributed by atoms with Crippen LogP contribution in [0.4, 0.5) is 0 Å². The Morgan fingerprint density at radius 1 is 1.42 bits per heavy atom. The molecule has 1 fully saturated rings. The molecule has 0 aliphatic carbocycles. The molecule has 1 aliphatic rings. The van der Waals surface area contributed by atoms with Crippen LogP contribution in [0.1, 0.15) is 12.5 Å². The van der Waals surface area contributed by atoms with Crippen molar-refractivity contribution in [3.05, 3.63) is 22.2 Å². The van der Waals surface area contributed by atoms with Gasteiger partial charge in [0.1, 0.15) is 0 Å². The number of nitrogens with one attached hydrogen (secondary N) is 1. The van der Waals surface area contributed by atoms with Crippen LogP contribution in [0.5, 0.6) is 11.5 Å². The van der Waals surface area contributed by atoms with E-state index in [1.807, 2.05) is 17.9 Å². The normalized spacial score (nSPS) is 15.5. The molecule has 1 saturated heterocycles. The molecule has 1 aliphatic heterocycles. The highest BCUT2D eigenvalue weighted by molar-refractivity contribution is 9.10. The average Bonchev–Trinajstić information content (AvgIpc) is 2.58. The number of carbonyl (C=O) groups excluding carboxylic acids is 1. The number of ether oxygens (including phenoxy) is 3. The fourth-order valence-electron chi connectivity index (χ4n) is 2.25. The van der Waals surface area contributed by atoms with Crippen LogP contribution >= 0.6 is 15.9 Å². The first-order valence-corrected chi connectivity index (χ1v) is 8.55. The van der Waals surface area contributed by atoms with Crippen molar-refractivity contribution in [3.8, 4) is 11.5 Å². The molecule has 0 radical (unpaired) electrons. The average molecular weight is 400 g/mol. The molecule has 2 rings (SSSR count). The second-order valence-corrected chi connectivity index (χ2v) is 5.99. The first kappa shape index (κ1) is 18.7. The fourth-order valence-corrected chi connectivity index (χ4v) is 2.67.